The second-order valence-electron chi connectivity index (χ2n) is 7.05. The van der Waals surface area contributed by atoms with E-state index in [-0.39, 0.29) is 5.56 Å². The van der Waals surface area contributed by atoms with E-state index in [9.17, 15) is 4.79 Å². The maximum atomic E-state index is 12.0. The molecule has 0 bridgehead atoms. The Balaban J connectivity index is 1.58. The number of fused-ring (bicyclic) bond motifs is 1. The van der Waals surface area contributed by atoms with Gasteiger partial charge in [0.05, 0.1) is 5.69 Å². The van der Waals surface area contributed by atoms with Gasteiger partial charge in [-0.05, 0) is 54.7 Å². The highest BCUT2D eigenvalue weighted by Gasteiger charge is 2.17. The van der Waals surface area contributed by atoms with Gasteiger partial charge in [0.15, 0.2) is 0 Å². The van der Waals surface area contributed by atoms with Crippen LogP contribution in [-0.4, -0.2) is 27.8 Å². The molecule has 0 saturated heterocycles. The standard InChI is InChI=1S/C22H25N3O/c1-2-3-13-25-22(26)10-9-21(23-25)19-8-7-17-11-14-24(20-5-4-6-20)15-12-18(17)16-19/h4-10,16H,2-3,11-15H2,1H3. The van der Waals surface area contributed by atoms with Crippen molar-refractivity contribution in [2.24, 2.45) is 0 Å². The van der Waals surface area contributed by atoms with E-state index in [2.05, 4.69) is 53.3 Å². The van der Waals surface area contributed by atoms with Gasteiger partial charge in [-0.3, -0.25) is 4.79 Å². The number of hydrogen-bond donors (Lipinski definition) is 0. The lowest BCUT2D eigenvalue weighted by atomic mass is 9.99. The Hall–Kier alpha value is -2.62. The highest BCUT2D eigenvalue weighted by Crippen LogP contribution is 2.25. The summed E-state index contributed by atoms with van der Waals surface area (Å²) in [5, 5.41) is 4.59. The number of aryl methyl sites for hydroxylation is 1. The summed E-state index contributed by atoms with van der Waals surface area (Å²) in [4.78, 5) is 14.5. The summed E-state index contributed by atoms with van der Waals surface area (Å²) in [5.41, 5.74) is 6.15. The van der Waals surface area contributed by atoms with E-state index in [0.29, 0.717) is 6.54 Å². The van der Waals surface area contributed by atoms with E-state index in [4.69, 9.17) is 0 Å². The molecule has 0 fully saturated rings. The van der Waals surface area contributed by atoms with Crippen LogP contribution < -0.4 is 5.56 Å². The summed E-state index contributed by atoms with van der Waals surface area (Å²) in [5.74, 6) is 0. The third kappa shape index (κ3) is 3.36. The number of nitrogens with zero attached hydrogens (tertiary/aromatic N) is 3. The van der Waals surface area contributed by atoms with Crippen molar-refractivity contribution >= 4 is 0 Å². The average molecular weight is 347 g/mol. The number of hydrogen-bond acceptors (Lipinski definition) is 3. The molecule has 1 aliphatic heterocycles. The molecular weight excluding hydrogens is 322 g/mol. The van der Waals surface area contributed by atoms with Crippen LogP contribution in [0.1, 0.15) is 30.9 Å². The zero-order chi connectivity index (χ0) is 17.9. The predicted octanol–water partition coefficient (Wildman–Crippen LogP) is 3.56. The van der Waals surface area contributed by atoms with E-state index in [1.807, 2.05) is 6.07 Å². The number of unbranched alkanes of at least 4 members (excludes halogenated alkanes) is 1. The zero-order valence-electron chi connectivity index (χ0n) is 15.3. The fourth-order valence-electron chi connectivity index (χ4n) is 3.61. The van der Waals surface area contributed by atoms with Crippen molar-refractivity contribution in [3.05, 3.63) is 75.7 Å². The van der Waals surface area contributed by atoms with Crippen LogP contribution in [0.15, 0.2) is 59.1 Å². The van der Waals surface area contributed by atoms with Crippen LogP contribution in [0.5, 0.6) is 0 Å². The molecule has 2 aliphatic rings. The molecule has 4 nitrogen and oxygen atoms in total. The zero-order valence-corrected chi connectivity index (χ0v) is 15.3. The maximum Gasteiger partial charge on any atom is 0.266 e. The molecule has 0 unspecified atom stereocenters. The van der Waals surface area contributed by atoms with Crippen molar-refractivity contribution in [1.29, 1.82) is 0 Å². The van der Waals surface area contributed by atoms with Gasteiger partial charge in [-0.15, -0.1) is 0 Å². The molecule has 1 aromatic heterocycles. The second-order valence-corrected chi connectivity index (χ2v) is 7.05. The first kappa shape index (κ1) is 16.8. The number of allylic oxidation sites excluding steroid dienone is 3. The summed E-state index contributed by atoms with van der Waals surface area (Å²) in [6.45, 7) is 4.94. The molecule has 4 rings (SSSR count). The van der Waals surface area contributed by atoms with Gasteiger partial charge in [0, 0.05) is 37.0 Å². The van der Waals surface area contributed by atoms with Gasteiger partial charge in [-0.1, -0.05) is 31.6 Å². The lowest BCUT2D eigenvalue weighted by Crippen LogP contribution is -2.26. The molecule has 2 aromatic rings. The van der Waals surface area contributed by atoms with Gasteiger partial charge in [-0.25, -0.2) is 4.68 Å². The molecule has 4 heteroatoms. The maximum absolute atomic E-state index is 12.0. The van der Waals surface area contributed by atoms with Crippen LogP contribution in [0, 0.1) is 0 Å². The van der Waals surface area contributed by atoms with Crippen LogP contribution in [0.25, 0.3) is 11.3 Å². The lowest BCUT2D eigenvalue weighted by Gasteiger charge is -2.26. The quantitative estimate of drug-likeness (QED) is 0.830. The van der Waals surface area contributed by atoms with Gasteiger partial charge >= 0.3 is 0 Å². The third-order valence-electron chi connectivity index (χ3n) is 5.29. The molecule has 0 atom stereocenters. The van der Waals surface area contributed by atoms with Crippen LogP contribution >= 0.6 is 0 Å². The highest BCUT2D eigenvalue weighted by molar-refractivity contribution is 5.60. The van der Waals surface area contributed by atoms with Gasteiger partial charge < -0.3 is 4.90 Å². The van der Waals surface area contributed by atoms with Crippen LogP contribution in [-0.2, 0) is 19.4 Å². The molecule has 0 saturated carbocycles. The fraction of sp³-hybridized carbons (Fsp3) is 0.364. The first-order valence-corrected chi connectivity index (χ1v) is 9.58. The summed E-state index contributed by atoms with van der Waals surface area (Å²) in [6, 6.07) is 10.1. The monoisotopic (exact) mass is 347 g/mol. The Bertz CT molecular complexity index is 923. The van der Waals surface area contributed by atoms with Crippen LogP contribution in [0.2, 0.25) is 0 Å². The number of benzene rings is 1. The van der Waals surface area contributed by atoms with Crippen molar-refractivity contribution in [1.82, 2.24) is 14.7 Å². The molecule has 0 radical (unpaired) electrons. The average Bonchev–Trinajstić information content (AvgIpc) is 2.82. The minimum atomic E-state index is -0.0190. The molecule has 2 heterocycles. The van der Waals surface area contributed by atoms with Gasteiger partial charge in [0.25, 0.3) is 5.56 Å². The second kappa shape index (κ2) is 7.32. The molecule has 134 valence electrons. The Morgan fingerprint density at radius 1 is 1.08 bits per heavy atom. The van der Waals surface area contributed by atoms with Gasteiger partial charge in [0.1, 0.15) is 0 Å². The van der Waals surface area contributed by atoms with Crippen molar-refractivity contribution in [2.45, 2.75) is 39.2 Å². The summed E-state index contributed by atoms with van der Waals surface area (Å²) >= 11 is 0. The van der Waals surface area contributed by atoms with E-state index in [0.717, 1.165) is 50.0 Å². The van der Waals surface area contributed by atoms with Crippen molar-refractivity contribution in [3.8, 4) is 11.3 Å². The van der Waals surface area contributed by atoms with Gasteiger partial charge in [0.2, 0.25) is 0 Å². The van der Waals surface area contributed by atoms with Crippen molar-refractivity contribution in [3.63, 3.8) is 0 Å². The van der Waals surface area contributed by atoms with Gasteiger partial charge in [-0.2, -0.15) is 5.10 Å². The van der Waals surface area contributed by atoms with Crippen molar-refractivity contribution < 1.29 is 0 Å². The van der Waals surface area contributed by atoms with Crippen LogP contribution in [0.4, 0.5) is 0 Å². The van der Waals surface area contributed by atoms with Crippen molar-refractivity contribution in [2.75, 3.05) is 13.1 Å². The summed E-state index contributed by atoms with van der Waals surface area (Å²) in [7, 11) is 0. The Labute approximate surface area is 154 Å². The molecule has 26 heavy (non-hydrogen) atoms. The normalized spacial score (nSPS) is 15.9. The smallest absolute Gasteiger partial charge is 0.266 e. The molecule has 1 aliphatic carbocycles. The van der Waals surface area contributed by atoms with E-state index in [1.54, 1.807) is 10.7 Å². The number of aromatic nitrogens is 2. The largest absolute Gasteiger partial charge is 0.371 e. The predicted molar refractivity (Wildman–Crippen MR) is 105 cm³/mol. The Morgan fingerprint density at radius 2 is 1.88 bits per heavy atom. The molecule has 1 aromatic carbocycles. The lowest BCUT2D eigenvalue weighted by molar-refractivity contribution is 0.370. The topological polar surface area (TPSA) is 38.1 Å². The highest BCUT2D eigenvalue weighted by atomic mass is 16.1. The SMILES string of the molecule is CCCCn1nc(-c2ccc3c(c2)CCN(C2=CC=C2)CC3)ccc1=O. The van der Waals surface area contributed by atoms with E-state index < -0.39 is 0 Å². The minimum Gasteiger partial charge on any atom is -0.371 e. The van der Waals surface area contributed by atoms with Crippen LogP contribution in [0.3, 0.4) is 0 Å². The first-order chi connectivity index (χ1) is 12.7. The van der Waals surface area contributed by atoms with E-state index in [1.165, 1.54) is 16.8 Å². The first-order valence-electron chi connectivity index (χ1n) is 9.58. The molecule has 0 N–H and O–H groups in total. The summed E-state index contributed by atoms with van der Waals surface area (Å²) < 4.78 is 1.60. The summed E-state index contributed by atoms with van der Waals surface area (Å²) in [6.07, 6.45) is 10.6. The number of rotatable bonds is 5. The molecular formula is C22H25N3O. The third-order valence-corrected chi connectivity index (χ3v) is 5.29. The molecule has 0 spiro atoms. The molecule has 0 amide bonds. The Morgan fingerprint density at radius 3 is 2.62 bits per heavy atom. The van der Waals surface area contributed by atoms with E-state index >= 15 is 0 Å². The minimum absolute atomic E-state index is 0.0190. The Kier molecular flexibility index (Phi) is 4.74. The fourth-order valence-corrected chi connectivity index (χ4v) is 3.61.